The lowest BCUT2D eigenvalue weighted by Crippen LogP contribution is -2.01. The second-order valence-corrected chi connectivity index (χ2v) is 5.01. The summed E-state index contributed by atoms with van der Waals surface area (Å²) in [5.41, 5.74) is 4.79. The number of benzene rings is 2. The van der Waals surface area contributed by atoms with Crippen LogP contribution in [0.25, 0.3) is 0 Å². The summed E-state index contributed by atoms with van der Waals surface area (Å²) in [5, 5.41) is 15.1. The number of rotatable bonds is 4. The van der Waals surface area contributed by atoms with Crippen LogP contribution < -0.4 is 5.43 Å². The predicted molar refractivity (Wildman–Crippen MR) is 83.1 cm³/mol. The van der Waals surface area contributed by atoms with Crippen LogP contribution in [0.15, 0.2) is 58.1 Å². The first kappa shape index (κ1) is 14.2. The van der Waals surface area contributed by atoms with Gasteiger partial charge in [0.1, 0.15) is 5.69 Å². The third kappa shape index (κ3) is 3.42. The summed E-state index contributed by atoms with van der Waals surface area (Å²) in [4.78, 5) is 10.5. The first-order valence-electron chi connectivity index (χ1n) is 5.87. The highest BCUT2D eigenvalue weighted by Gasteiger charge is 2.11. The number of nitro benzene ring substituents is 1. The molecule has 2 rings (SSSR count). The van der Waals surface area contributed by atoms with Gasteiger partial charge in [0.25, 0.3) is 5.69 Å². The molecule has 6 heteroatoms. The Balaban J connectivity index is 2.23. The summed E-state index contributed by atoms with van der Waals surface area (Å²) < 4.78 is 0.954. The number of nitro groups is 1. The summed E-state index contributed by atoms with van der Waals surface area (Å²) in [7, 11) is 0. The number of nitrogens with one attached hydrogen (secondary N) is 1. The molecule has 0 aromatic heterocycles. The molecule has 2 aromatic carbocycles. The highest BCUT2D eigenvalue weighted by molar-refractivity contribution is 9.10. The second kappa shape index (κ2) is 6.29. The lowest BCUT2D eigenvalue weighted by atomic mass is 10.1. The number of para-hydroxylation sites is 2. The van der Waals surface area contributed by atoms with E-state index in [1.807, 2.05) is 31.2 Å². The molecular formula is C14H12BrN3O2. The zero-order chi connectivity index (χ0) is 14.5. The molecule has 0 unspecified atom stereocenters. The highest BCUT2D eigenvalue weighted by Crippen LogP contribution is 2.23. The molecule has 5 nitrogen and oxygen atoms in total. The van der Waals surface area contributed by atoms with E-state index >= 15 is 0 Å². The van der Waals surface area contributed by atoms with E-state index in [9.17, 15) is 10.1 Å². The molecule has 0 saturated carbocycles. The van der Waals surface area contributed by atoms with Gasteiger partial charge in [-0.2, -0.15) is 5.10 Å². The van der Waals surface area contributed by atoms with Crippen molar-refractivity contribution in [1.82, 2.24) is 0 Å². The van der Waals surface area contributed by atoms with Gasteiger partial charge >= 0.3 is 0 Å². The Morgan fingerprint density at radius 3 is 2.70 bits per heavy atom. The lowest BCUT2D eigenvalue weighted by Gasteiger charge is -2.04. The largest absolute Gasteiger partial charge is 0.294 e. The van der Waals surface area contributed by atoms with E-state index in [4.69, 9.17) is 0 Å². The van der Waals surface area contributed by atoms with E-state index in [0.29, 0.717) is 5.69 Å². The van der Waals surface area contributed by atoms with Crippen LogP contribution in [-0.4, -0.2) is 10.6 Å². The van der Waals surface area contributed by atoms with Gasteiger partial charge in [-0.05, 0) is 30.7 Å². The molecule has 0 bridgehead atoms. The molecule has 0 amide bonds. The third-order valence-electron chi connectivity index (χ3n) is 2.69. The maximum Gasteiger partial charge on any atom is 0.294 e. The van der Waals surface area contributed by atoms with Gasteiger partial charge in [0, 0.05) is 10.5 Å². The van der Waals surface area contributed by atoms with Gasteiger partial charge in [-0.25, -0.2) is 0 Å². The van der Waals surface area contributed by atoms with E-state index in [2.05, 4.69) is 26.5 Å². The number of halogens is 1. The fourth-order valence-corrected chi connectivity index (χ4v) is 2.05. The molecule has 2 aromatic rings. The summed E-state index contributed by atoms with van der Waals surface area (Å²) in [5.74, 6) is 0. The van der Waals surface area contributed by atoms with Crippen molar-refractivity contribution in [2.75, 3.05) is 5.43 Å². The standard InChI is InChI=1S/C14H12BrN3O2/c1-10(11-5-4-6-12(15)9-11)16-17-13-7-2-3-8-14(13)18(19)20/h2-9,17H,1H3/b16-10-. The quantitative estimate of drug-likeness (QED) is 0.518. The van der Waals surface area contributed by atoms with Crippen LogP contribution in [0, 0.1) is 10.1 Å². The van der Waals surface area contributed by atoms with Gasteiger partial charge in [0.2, 0.25) is 0 Å². The van der Waals surface area contributed by atoms with Gasteiger partial charge in [-0.1, -0.05) is 40.2 Å². The minimum Gasteiger partial charge on any atom is -0.271 e. The summed E-state index contributed by atoms with van der Waals surface area (Å²) in [6.07, 6.45) is 0. The second-order valence-electron chi connectivity index (χ2n) is 4.09. The van der Waals surface area contributed by atoms with Crippen molar-refractivity contribution < 1.29 is 4.92 Å². The maximum absolute atomic E-state index is 10.9. The molecule has 20 heavy (non-hydrogen) atoms. The first-order chi connectivity index (χ1) is 9.58. The number of hydrogen-bond acceptors (Lipinski definition) is 4. The van der Waals surface area contributed by atoms with Gasteiger partial charge in [0.15, 0.2) is 0 Å². The third-order valence-corrected chi connectivity index (χ3v) is 3.18. The van der Waals surface area contributed by atoms with Gasteiger partial charge in [-0.15, -0.1) is 0 Å². The SMILES string of the molecule is C/C(=N/Nc1ccccc1[N+](=O)[O-])c1cccc(Br)c1. The highest BCUT2D eigenvalue weighted by atomic mass is 79.9. The smallest absolute Gasteiger partial charge is 0.271 e. The maximum atomic E-state index is 10.9. The Labute approximate surface area is 124 Å². The van der Waals surface area contributed by atoms with Crippen LogP contribution in [0.3, 0.4) is 0 Å². The molecule has 0 aliphatic carbocycles. The molecule has 0 heterocycles. The van der Waals surface area contributed by atoms with Crippen molar-refractivity contribution in [3.63, 3.8) is 0 Å². The van der Waals surface area contributed by atoms with E-state index < -0.39 is 4.92 Å². The summed E-state index contributed by atoms with van der Waals surface area (Å²) >= 11 is 3.39. The minimum absolute atomic E-state index is 0.00158. The molecule has 0 atom stereocenters. The molecule has 0 aliphatic heterocycles. The van der Waals surface area contributed by atoms with Gasteiger partial charge in [-0.3, -0.25) is 15.5 Å². The van der Waals surface area contributed by atoms with Crippen LogP contribution in [0.5, 0.6) is 0 Å². The van der Waals surface area contributed by atoms with Gasteiger partial charge in [0.05, 0.1) is 10.6 Å². The Hall–Kier alpha value is -2.21. The van der Waals surface area contributed by atoms with Crippen LogP contribution in [0.1, 0.15) is 12.5 Å². The Morgan fingerprint density at radius 1 is 1.25 bits per heavy atom. The fraction of sp³-hybridized carbons (Fsp3) is 0.0714. The van der Waals surface area contributed by atoms with Crippen molar-refractivity contribution in [1.29, 1.82) is 0 Å². The fourth-order valence-electron chi connectivity index (χ4n) is 1.65. The Bertz CT molecular complexity index is 671. The number of nitrogens with zero attached hydrogens (tertiary/aromatic N) is 2. The Kier molecular flexibility index (Phi) is 4.47. The molecule has 102 valence electrons. The normalized spacial score (nSPS) is 11.2. The van der Waals surface area contributed by atoms with E-state index in [0.717, 1.165) is 15.7 Å². The van der Waals surface area contributed by atoms with E-state index in [-0.39, 0.29) is 5.69 Å². The molecule has 0 saturated heterocycles. The van der Waals surface area contributed by atoms with Crippen LogP contribution in [0.4, 0.5) is 11.4 Å². The van der Waals surface area contributed by atoms with Crippen LogP contribution in [-0.2, 0) is 0 Å². The van der Waals surface area contributed by atoms with E-state index in [1.165, 1.54) is 6.07 Å². The number of hydrazone groups is 1. The zero-order valence-electron chi connectivity index (χ0n) is 10.7. The zero-order valence-corrected chi connectivity index (χ0v) is 12.3. The number of hydrogen-bond donors (Lipinski definition) is 1. The summed E-state index contributed by atoms with van der Waals surface area (Å²) in [6.45, 7) is 1.84. The average Bonchev–Trinajstić information content (AvgIpc) is 2.45. The predicted octanol–water partition coefficient (Wildman–Crippen LogP) is 4.19. The van der Waals surface area contributed by atoms with Crippen LogP contribution in [0.2, 0.25) is 0 Å². The topological polar surface area (TPSA) is 67.5 Å². The average molecular weight is 334 g/mol. The lowest BCUT2D eigenvalue weighted by molar-refractivity contribution is -0.384. The van der Waals surface area contributed by atoms with Crippen molar-refractivity contribution in [3.05, 3.63) is 68.7 Å². The van der Waals surface area contributed by atoms with Crippen molar-refractivity contribution in [2.24, 2.45) is 5.10 Å². The van der Waals surface area contributed by atoms with E-state index in [1.54, 1.807) is 18.2 Å². The molecule has 0 radical (unpaired) electrons. The first-order valence-corrected chi connectivity index (χ1v) is 6.67. The van der Waals surface area contributed by atoms with Crippen molar-refractivity contribution in [3.8, 4) is 0 Å². The van der Waals surface area contributed by atoms with Crippen molar-refractivity contribution in [2.45, 2.75) is 6.92 Å². The molecule has 0 aliphatic rings. The monoisotopic (exact) mass is 333 g/mol. The van der Waals surface area contributed by atoms with Crippen molar-refractivity contribution >= 4 is 33.0 Å². The molecular weight excluding hydrogens is 322 g/mol. The minimum atomic E-state index is -0.438. The van der Waals surface area contributed by atoms with Crippen LogP contribution >= 0.6 is 15.9 Å². The van der Waals surface area contributed by atoms with Gasteiger partial charge < -0.3 is 0 Å². The molecule has 0 spiro atoms. The molecule has 0 fully saturated rings. The Morgan fingerprint density at radius 2 is 2.00 bits per heavy atom. The number of anilines is 1. The summed E-state index contributed by atoms with van der Waals surface area (Å²) in [6, 6.07) is 14.1. The molecule has 1 N–H and O–H groups in total.